The third kappa shape index (κ3) is 2.05. The Bertz CT molecular complexity index is 553. The van der Waals surface area contributed by atoms with Crippen LogP contribution < -0.4 is 0 Å². The molecule has 1 N–H and O–H groups in total. The zero-order chi connectivity index (χ0) is 12.5. The molecule has 2 heterocycles. The van der Waals surface area contributed by atoms with Crippen LogP contribution >= 0.6 is 0 Å². The fourth-order valence-corrected chi connectivity index (χ4v) is 2.96. The van der Waals surface area contributed by atoms with Crippen LogP contribution in [0.3, 0.4) is 0 Å². The molecule has 1 aliphatic heterocycles. The van der Waals surface area contributed by atoms with Gasteiger partial charge in [-0.25, -0.2) is 0 Å². The number of hydrogen-bond donors (Lipinski definition) is 1. The average Bonchev–Trinajstić information content (AvgIpc) is 2.74. The van der Waals surface area contributed by atoms with Gasteiger partial charge in [-0.15, -0.1) is 0 Å². The maximum Gasteiger partial charge on any atom is 0.0459 e. The topological polar surface area (TPSA) is 19.0 Å². The van der Waals surface area contributed by atoms with Gasteiger partial charge in [0.05, 0.1) is 0 Å². The molecule has 0 bridgehead atoms. The van der Waals surface area contributed by atoms with Crippen molar-refractivity contribution in [1.29, 1.82) is 0 Å². The van der Waals surface area contributed by atoms with Crippen molar-refractivity contribution in [2.45, 2.75) is 39.7 Å². The van der Waals surface area contributed by atoms with E-state index in [2.05, 4.69) is 41.9 Å². The van der Waals surface area contributed by atoms with E-state index in [-0.39, 0.29) is 0 Å². The van der Waals surface area contributed by atoms with Gasteiger partial charge in [-0.2, -0.15) is 0 Å². The molecule has 2 heteroatoms. The Balaban J connectivity index is 1.93. The van der Waals surface area contributed by atoms with Crippen molar-refractivity contribution in [3.05, 3.63) is 35.0 Å². The predicted molar refractivity (Wildman–Crippen MR) is 76.9 cm³/mol. The summed E-state index contributed by atoms with van der Waals surface area (Å²) in [6.07, 6.45) is 3.78. The minimum absolute atomic E-state index is 1.12. The second kappa shape index (κ2) is 4.77. The van der Waals surface area contributed by atoms with Gasteiger partial charge in [0.15, 0.2) is 0 Å². The second-order valence-electron chi connectivity index (χ2n) is 5.51. The standard InChI is InChI=1S/C16H22N2/c1-3-4-8-18-9-7-16-14(11-18)13-10-12(2)5-6-15(13)17-16/h5-6,10,17H,3-4,7-9,11H2,1-2H3. The number of aryl methyl sites for hydroxylation is 1. The second-order valence-corrected chi connectivity index (χ2v) is 5.51. The maximum absolute atomic E-state index is 3.59. The van der Waals surface area contributed by atoms with E-state index in [0.717, 1.165) is 6.54 Å². The maximum atomic E-state index is 3.59. The smallest absolute Gasteiger partial charge is 0.0459 e. The summed E-state index contributed by atoms with van der Waals surface area (Å²) < 4.78 is 0. The van der Waals surface area contributed by atoms with Crippen molar-refractivity contribution in [2.24, 2.45) is 0 Å². The summed E-state index contributed by atoms with van der Waals surface area (Å²) in [5, 5.41) is 1.44. The molecule has 0 spiro atoms. The number of nitrogens with one attached hydrogen (secondary N) is 1. The van der Waals surface area contributed by atoms with E-state index in [1.54, 1.807) is 0 Å². The van der Waals surface area contributed by atoms with Crippen LogP contribution in [0.5, 0.6) is 0 Å². The summed E-state index contributed by atoms with van der Waals surface area (Å²) >= 11 is 0. The Labute approximate surface area is 109 Å². The van der Waals surface area contributed by atoms with Gasteiger partial charge in [0.25, 0.3) is 0 Å². The first-order valence-corrected chi connectivity index (χ1v) is 7.10. The van der Waals surface area contributed by atoms with Gasteiger partial charge in [-0.1, -0.05) is 25.0 Å². The van der Waals surface area contributed by atoms with Crippen molar-refractivity contribution < 1.29 is 0 Å². The van der Waals surface area contributed by atoms with Crippen LogP contribution in [-0.2, 0) is 13.0 Å². The highest BCUT2D eigenvalue weighted by Gasteiger charge is 2.19. The largest absolute Gasteiger partial charge is 0.358 e. The number of fused-ring (bicyclic) bond motifs is 3. The Hall–Kier alpha value is -1.28. The van der Waals surface area contributed by atoms with Gasteiger partial charge in [-0.05, 0) is 37.6 Å². The summed E-state index contributed by atoms with van der Waals surface area (Å²) in [7, 11) is 0. The molecule has 0 amide bonds. The number of benzene rings is 1. The van der Waals surface area contributed by atoms with Gasteiger partial charge in [0, 0.05) is 36.1 Å². The van der Waals surface area contributed by atoms with Gasteiger partial charge < -0.3 is 4.98 Å². The molecule has 96 valence electrons. The van der Waals surface area contributed by atoms with E-state index in [4.69, 9.17) is 0 Å². The minimum Gasteiger partial charge on any atom is -0.358 e. The lowest BCUT2D eigenvalue weighted by molar-refractivity contribution is 0.250. The lowest BCUT2D eigenvalue weighted by Crippen LogP contribution is -2.31. The van der Waals surface area contributed by atoms with E-state index in [9.17, 15) is 0 Å². The number of aromatic nitrogens is 1. The van der Waals surface area contributed by atoms with E-state index in [1.807, 2.05) is 0 Å². The molecule has 0 aliphatic carbocycles. The van der Waals surface area contributed by atoms with Crippen LogP contribution in [0, 0.1) is 6.92 Å². The van der Waals surface area contributed by atoms with Crippen LogP contribution in [0.25, 0.3) is 10.9 Å². The van der Waals surface area contributed by atoms with Crippen molar-refractivity contribution in [3.8, 4) is 0 Å². The highest BCUT2D eigenvalue weighted by Crippen LogP contribution is 2.28. The SMILES string of the molecule is CCCCN1CCc2[nH]c3ccc(C)cc3c2C1. The Morgan fingerprint density at radius 3 is 3.06 bits per heavy atom. The molecule has 0 unspecified atom stereocenters. The summed E-state index contributed by atoms with van der Waals surface area (Å²) in [5.74, 6) is 0. The van der Waals surface area contributed by atoms with Crippen LogP contribution in [0.15, 0.2) is 18.2 Å². The first kappa shape index (κ1) is 11.8. The molecule has 18 heavy (non-hydrogen) atoms. The summed E-state index contributed by atoms with van der Waals surface area (Å²) in [6, 6.07) is 6.74. The Morgan fingerprint density at radius 1 is 1.33 bits per heavy atom. The number of nitrogens with zero attached hydrogens (tertiary/aromatic N) is 1. The van der Waals surface area contributed by atoms with Gasteiger partial charge >= 0.3 is 0 Å². The third-order valence-corrected chi connectivity index (χ3v) is 4.04. The average molecular weight is 242 g/mol. The molecule has 2 nitrogen and oxygen atoms in total. The lowest BCUT2D eigenvalue weighted by atomic mass is 10.0. The van der Waals surface area contributed by atoms with Crippen molar-refractivity contribution in [2.75, 3.05) is 13.1 Å². The molecule has 0 radical (unpaired) electrons. The van der Waals surface area contributed by atoms with Crippen LogP contribution in [-0.4, -0.2) is 23.0 Å². The Kier molecular flexibility index (Phi) is 3.13. The molecule has 0 saturated heterocycles. The van der Waals surface area contributed by atoms with Crippen LogP contribution in [0.4, 0.5) is 0 Å². The molecule has 1 aromatic heterocycles. The summed E-state index contributed by atoms with van der Waals surface area (Å²) in [4.78, 5) is 6.19. The molecule has 0 saturated carbocycles. The van der Waals surface area contributed by atoms with Gasteiger partial charge in [-0.3, -0.25) is 4.90 Å². The number of H-pyrrole nitrogens is 1. The molecule has 3 rings (SSSR count). The lowest BCUT2D eigenvalue weighted by Gasteiger charge is -2.26. The molecule has 1 aliphatic rings. The quantitative estimate of drug-likeness (QED) is 0.870. The van der Waals surface area contributed by atoms with Gasteiger partial charge in [0.2, 0.25) is 0 Å². The molecule has 0 fully saturated rings. The predicted octanol–water partition coefficient (Wildman–Crippen LogP) is 3.63. The molecular formula is C16H22N2. The number of hydrogen-bond acceptors (Lipinski definition) is 1. The highest BCUT2D eigenvalue weighted by molar-refractivity contribution is 5.85. The summed E-state index contributed by atoms with van der Waals surface area (Å²) in [6.45, 7) is 8.02. The van der Waals surface area contributed by atoms with E-state index >= 15 is 0 Å². The van der Waals surface area contributed by atoms with Crippen LogP contribution in [0.1, 0.15) is 36.6 Å². The fraction of sp³-hybridized carbons (Fsp3) is 0.500. The van der Waals surface area contributed by atoms with E-state index in [1.165, 1.54) is 60.1 Å². The molecule has 0 atom stereocenters. The fourth-order valence-electron chi connectivity index (χ4n) is 2.96. The first-order valence-electron chi connectivity index (χ1n) is 7.10. The minimum atomic E-state index is 1.12. The van der Waals surface area contributed by atoms with Crippen molar-refractivity contribution >= 4 is 10.9 Å². The van der Waals surface area contributed by atoms with E-state index < -0.39 is 0 Å². The number of rotatable bonds is 3. The normalized spacial score (nSPS) is 16.1. The Morgan fingerprint density at radius 2 is 2.22 bits per heavy atom. The highest BCUT2D eigenvalue weighted by atomic mass is 15.1. The van der Waals surface area contributed by atoms with Crippen LogP contribution in [0.2, 0.25) is 0 Å². The molecule has 2 aromatic rings. The third-order valence-electron chi connectivity index (χ3n) is 4.04. The summed E-state index contributed by atoms with van der Waals surface area (Å²) in [5.41, 5.74) is 5.66. The van der Waals surface area contributed by atoms with E-state index in [0.29, 0.717) is 0 Å². The monoisotopic (exact) mass is 242 g/mol. The molecular weight excluding hydrogens is 220 g/mol. The van der Waals surface area contributed by atoms with Gasteiger partial charge in [0.1, 0.15) is 0 Å². The number of aromatic amines is 1. The zero-order valence-electron chi connectivity index (χ0n) is 11.4. The molecule has 1 aromatic carbocycles. The van der Waals surface area contributed by atoms with Crippen molar-refractivity contribution in [3.63, 3.8) is 0 Å². The van der Waals surface area contributed by atoms with Crippen molar-refractivity contribution in [1.82, 2.24) is 9.88 Å². The zero-order valence-corrected chi connectivity index (χ0v) is 11.4. The first-order chi connectivity index (χ1) is 8.78. The number of unbranched alkanes of at least 4 members (excludes halogenated alkanes) is 1.